The lowest BCUT2D eigenvalue weighted by Gasteiger charge is -2.36. The summed E-state index contributed by atoms with van der Waals surface area (Å²) in [5, 5.41) is 3.46. The van der Waals surface area contributed by atoms with Crippen molar-refractivity contribution >= 4 is 23.3 Å². The van der Waals surface area contributed by atoms with Gasteiger partial charge in [0.2, 0.25) is 0 Å². The largest absolute Gasteiger partial charge is 0.396 e. The van der Waals surface area contributed by atoms with Gasteiger partial charge < -0.3 is 11.1 Å². The SMILES string of the molecule is CSC1(CNc2nccc(C)c2N)CCCCC1. The van der Waals surface area contributed by atoms with E-state index in [0.29, 0.717) is 4.75 Å². The summed E-state index contributed by atoms with van der Waals surface area (Å²) in [5.41, 5.74) is 7.92. The van der Waals surface area contributed by atoms with Crippen LogP contribution in [-0.4, -0.2) is 22.5 Å². The maximum Gasteiger partial charge on any atom is 0.149 e. The molecule has 1 aromatic heterocycles. The van der Waals surface area contributed by atoms with Crippen molar-refractivity contribution in [2.45, 2.75) is 43.8 Å². The third-order valence-corrected chi connectivity index (χ3v) is 5.40. The van der Waals surface area contributed by atoms with Crippen LogP contribution in [-0.2, 0) is 0 Å². The molecule has 100 valence electrons. The second-order valence-corrected chi connectivity index (χ2v) is 6.47. The van der Waals surface area contributed by atoms with Crippen LogP contribution in [0, 0.1) is 6.92 Å². The second-order valence-electron chi connectivity index (χ2n) is 5.19. The summed E-state index contributed by atoms with van der Waals surface area (Å²) in [6.07, 6.45) is 10.7. The molecule has 0 saturated heterocycles. The lowest BCUT2D eigenvalue weighted by molar-refractivity contribution is 0.411. The van der Waals surface area contributed by atoms with E-state index >= 15 is 0 Å². The molecule has 1 saturated carbocycles. The molecule has 0 amide bonds. The molecule has 18 heavy (non-hydrogen) atoms. The van der Waals surface area contributed by atoms with E-state index in [1.807, 2.05) is 30.9 Å². The molecule has 3 N–H and O–H groups in total. The first-order chi connectivity index (χ1) is 8.67. The highest BCUT2D eigenvalue weighted by atomic mass is 32.2. The van der Waals surface area contributed by atoms with Crippen LogP contribution in [0.4, 0.5) is 11.5 Å². The Hall–Kier alpha value is -0.900. The van der Waals surface area contributed by atoms with Crippen LogP contribution in [0.1, 0.15) is 37.7 Å². The summed E-state index contributed by atoms with van der Waals surface area (Å²) in [7, 11) is 0. The summed E-state index contributed by atoms with van der Waals surface area (Å²) < 4.78 is 0.371. The highest BCUT2D eigenvalue weighted by molar-refractivity contribution is 8.00. The fraction of sp³-hybridized carbons (Fsp3) is 0.643. The van der Waals surface area contributed by atoms with Gasteiger partial charge in [-0.05, 0) is 37.7 Å². The average molecular weight is 265 g/mol. The number of nitrogens with two attached hydrogens (primary N) is 1. The van der Waals surface area contributed by atoms with Gasteiger partial charge in [0.15, 0.2) is 0 Å². The molecule has 0 atom stereocenters. The average Bonchev–Trinajstić information content (AvgIpc) is 2.41. The molecule has 0 spiro atoms. The Labute approximate surface area is 114 Å². The number of nitrogens with one attached hydrogen (secondary N) is 1. The van der Waals surface area contributed by atoms with E-state index in [1.54, 1.807) is 0 Å². The maximum atomic E-state index is 6.05. The quantitative estimate of drug-likeness (QED) is 0.875. The zero-order valence-electron chi connectivity index (χ0n) is 11.3. The van der Waals surface area contributed by atoms with Gasteiger partial charge in [0.05, 0.1) is 5.69 Å². The highest BCUT2D eigenvalue weighted by Gasteiger charge is 2.31. The van der Waals surface area contributed by atoms with Gasteiger partial charge >= 0.3 is 0 Å². The van der Waals surface area contributed by atoms with Crippen LogP contribution in [0.25, 0.3) is 0 Å². The Bertz CT molecular complexity index is 400. The van der Waals surface area contributed by atoms with Crippen LogP contribution in [0.5, 0.6) is 0 Å². The zero-order valence-corrected chi connectivity index (χ0v) is 12.1. The van der Waals surface area contributed by atoms with Gasteiger partial charge in [-0.2, -0.15) is 11.8 Å². The molecule has 0 aromatic carbocycles. The summed E-state index contributed by atoms with van der Waals surface area (Å²) in [6, 6.07) is 1.95. The predicted octanol–water partition coefficient (Wildman–Crippen LogP) is 3.45. The fourth-order valence-electron chi connectivity index (χ4n) is 2.60. The van der Waals surface area contributed by atoms with Crippen molar-refractivity contribution in [2.75, 3.05) is 23.9 Å². The minimum atomic E-state index is 0.371. The minimum Gasteiger partial charge on any atom is -0.396 e. The summed E-state index contributed by atoms with van der Waals surface area (Å²) in [4.78, 5) is 4.34. The topological polar surface area (TPSA) is 50.9 Å². The van der Waals surface area contributed by atoms with Gasteiger partial charge in [-0.15, -0.1) is 0 Å². The Kier molecular flexibility index (Phi) is 4.38. The molecule has 4 heteroatoms. The van der Waals surface area contributed by atoms with Gasteiger partial charge in [-0.3, -0.25) is 0 Å². The van der Waals surface area contributed by atoms with E-state index < -0.39 is 0 Å². The Morgan fingerprint density at radius 3 is 2.78 bits per heavy atom. The molecule has 1 aliphatic rings. The standard InChI is InChI=1S/C14H23N3S/c1-11-6-9-16-13(12(11)15)17-10-14(18-2)7-4-3-5-8-14/h6,9H,3-5,7-8,10,15H2,1-2H3,(H,16,17). The summed E-state index contributed by atoms with van der Waals surface area (Å²) >= 11 is 1.99. The molecule has 3 nitrogen and oxygen atoms in total. The van der Waals surface area contributed by atoms with Crippen LogP contribution < -0.4 is 11.1 Å². The number of thioether (sulfide) groups is 1. The number of anilines is 2. The molecule has 0 bridgehead atoms. The Balaban J connectivity index is 2.03. The van der Waals surface area contributed by atoms with Crippen molar-refractivity contribution in [3.8, 4) is 0 Å². The fourth-order valence-corrected chi connectivity index (χ4v) is 3.52. The van der Waals surface area contributed by atoms with Crippen molar-refractivity contribution in [3.05, 3.63) is 17.8 Å². The first-order valence-corrected chi connectivity index (χ1v) is 7.89. The van der Waals surface area contributed by atoms with Crippen molar-refractivity contribution < 1.29 is 0 Å². The van der Waals surface area contributed by atoms with Crippen molar-refractivity contribution in [2.24, 2.45) is 0 Å². The van der Waals surface area contributed by atoms with Crippen LogP contribution in [0.2, 0.25) is 0 Å². The molecular formula is C14H23N3S. The van der Waals surface area contributed by atoms with Gasteiger partial charge in [0.1, 0.15) is 5.82 Å². The molecule has 0 radical (unpaired) electrons. The second kappa shape index (κ2) is 5.83. The number of aromatic nitrogens is 1. The van der Waals surface area contributed by atoms with Crippen molar-refractivity contribution in [3.63, 3.8) is 0 Å². The molecule has 1 heterocycles. The molecule has 1 aromatic rings. The molecule has 2 rings (SSSR count). The lowest BCUT2D eigenvalue weighted by atomic mass is 9.88. The third-order valence-electron chi connectivity index (χ3n) is 3.98. The van der Waals surface area contributed by atoms with Gasteiger partial charge in [0.25, 0.3) is 0 Å². The Morgan fingerprint density at radius 2 is 2.11 bits per heavy atom. The number of rotatable bonds is 4. The normalized spacial score (nSPS) is 18.6. The maximum absolute atomic E-state index is 6.05. The van der Waals surface area contributed by atoms with E-state index in [1.165, 1.54) is 32.1 Å². The molecule has 1 fully saturated rings. The van der Waals surface area contributed by atoms with Crippen molar-refractivity contribution in [1.82, 2.24) is 4.98 Å². The third kappa shape index (κ3) is 2.91. The lowest BCUT2D eigenvalue weighted by Crippen LogP contribution is -2.35. The van der Waals surface area contributed by atoms with E-state index in [4.69, 9.17) is 5.73 Å². The first kappa shape index (κ1) is 13.5. The molecular weight excluding hydrogens is 242 g/mol. The smallest absolute Gasteiger partial charge is 0.149 e. The Morgan fingerprint density at radius 1 is 1.39 bits per heavy atom. The van der Waals surface area contributed by atoms with Gasteiger partial charge in [0, 0.05) is 17.5 Å². The van der Waals surface area contributed by atoms with Crippen LogP contribution in [0.3, 0.4) is 0 Å². The number of hydrogen-bond acceptors (Lipinski definition) is 4. The highest BCUT2D eigenvalue weighted by Crippen LogP contribution is 2.38. The van der Waals surface area contributed by atoms with Crippen LogP contribution in [0.15, 0.2) is 12.3 Å². The van der Waals surface area contributed by atoms with E-state index in [0.717, 1.165) is 23.6 Å². The first-order valence-electron chi connectivity index (χ1n) is 6.67. The minimum absolute atomic E-state index is 0.371. The van der Waals surface area contributed by atoms with Gasteiger partial charge in [-0.1, -0.05) is 19.3 Å². The summed E-state index contributed by atoms with van der Waals surface area (Å²) in [6.45, 7) is 2.99. The van der Waals surface area contributed by atoms with Crippen molar-refractivity contribution in [1.29, 1.82) is 0 Å². The summed E-state index contributed by atoms with van der Waals surface area (Å²) in [5.74, 6) is 0.842. The van der Waals surface area contributed by atoms with E-state index in [9.17, 15) is 0 Å². The molecule has 0 unspecified atom stereocenters. The number of nitrogen functional groups attached to an aromatic ring is 1. The monoisotopic (exact) mass is 265 g/mol. The number of hydrogen-bond donors (Lipinski definition) is 2. The van der Waals surface area contributed by atoms with Crippen LogP contribution >= 0.6 is 11.8 Å². The number of aryl methyl sites for hydroxylation is 1. The van der Waals surface area contributed by atoms with E-state index in [2.05, 4.69) is 16.6 Å². The van der Waals surface area contributed by atoms with Gasteiger partial charge in [-0.25, -0.2) is 4.98 Å². The van der Waals surface area contributed by atoms with E-state index in [-0.39, 0.29) is 0 Å². The number of nitrogens with zero attached hydrogens (tertiary/aromatic N) is 1. The zero-order chi connectivity index (χ0) is 13.0. The molecule has 0 aliphatic heterocycles. The molecule has 1 aliphatic carbocycles. The number of pyridine rings is 1. The predicted molar refractivity (Wildman–Crippen MR) is 81.2 cm³/mol.